The topological polar surface area (TPSA) is 116 Å². The average Bonchev–Trinajstić information content (AvgIpc) is 3.09. The van der Waals surface area contributed by atoms with E-state index in [1.54, 1.807) is 23.8 Å². The van der Waals surface area contributed by atoms with E-state index in [1.807, 2.05) is 30.3 Å². The van der Waals surface area contributed by atoms with Gasteiger partial charge in [0.05, 0.1) is 17.6 Å². The molecule has 0 saturated heterocycles. The van der Waals surface area contributed by atoms with Crippen LogP contribution in [0.2, 0.25) is 0 Å². The molecule has 3 aromatic rings. The summed E-state index contributed by atoms with van der Waals surface area (Å²) in [7, 11) is -3.23. The molecule has 1 heterocycles. The molecule has 0 radical (unpaired) electrons. The highest BCUT2D eigenvalue weighted by Gasteiger charge is 2.24. The summed E-state index contributed by atoms with van der Waals surface area (Å²) in [5.74, 6) is -2.09. The number of carbonyl (C=O) groups excluding carboxylic acids is 2. The Kier molecular flexibility index (Phi) is 5.27. The Bertz CT molecular complexity index is 1120. The first-order chi connectivity index (χ1) is 13.3. The number of hydrogen-bond donors (Lipinski definition) is 1. The van der Waals surface area contributed by atoms with Crippen molar-refractivity contribution in [1.82, 2.24) is 9.88 Å². The number of sulfonamides is 1. The third-order valence-corrected chi connectivity index (χ3v) is 5.31. The van der Waals surface area contributed by atoms with Gasteiger partial charge in [0.15, 0.2) is 0 Å². The van der Waals surface area contributed by atoms with E-state index < -0.39 is 21.9 Å². The molecular formula is C19H16N2O6S. The number of amides is 1. The van der Waals surface area contributed by atoms with Crippen molar-refractivity contribution in [3.05, 3.63) is 60.4 Å². The summed E-state index contributed by atoms with van der Waals surface area (Å²) in [6.45, 7) is 1.76. The van der Waals surface area contributed by atoms with Gasteiger partial charge in [0, 0.05) is 5.56 Å². The van der Waals surface area contributed by atoms with Crippen LogP contribution in [0.25, 0.3) is 22.4 Å². The first-order valence-corrected chi connectivity index (χ1v) is 9.59. The number of carbonyl (C=O) groups is 2. The maximum absolute atomic E-state index is 12.2. The van der Waals surface area contributed by atoms with E-state index in [2.05, 4.69) is 9.89 Å². The minimum atomic E-state index is -4.21. The van der Waals surface area contributed by atoms with Gasteiger partial charge in [-0.2, -0.15) is 0 Å². The third-order valence-electron chi connectivity index (χ3n) is 3.96. The second-order valence-electron chi connectivity index (χ2n) is 5.78. The van der Waals surface area contributed by atoms with Crippen LogP contribution in [-0.4, -0.2) is 32.6 Å². The summed E-state index contributed by atoms with van der Waals surface area (Å²) in [4.78, 5) is 22.4. The van der Waals surface area contributed by atoms with Gasteiger partial charge in [-0.1, -0.05) is 47.6 Å². The molecule has 2 aromatic carbocycles. The molecule has 1 amide bonds. The van der Waals surface area contributed by atoms with E-state index in [1.165, 1.54) is 12.1 Å². The normalized spacial score (nSPS) is 11.1. The predicted molar refractivity (Wildman–Crippen MR) is 99.5 cm³/mol. The summed E-state index contributed by atoms with van der Waals surface area (Å²) in [6, 6.07) is 15.2. The predicted octanol–water partition coefficient (Wildman–Crippen LogP) is 2.29. The standard InChI is InChI=1S/C19H16N2O6S/c1-12-16(17(20-27-12)14-6-4-3-5-7-14)13-8-10-15(11-9-13)28(24,25)21-18(22)19(23)26-2/h3-11H,1-2H3,(H,21,22). The summed E-state index contributed by atoms with van der Waals surface area (Å²) in [5.41, 5.74) is 2.91. The van der Waals surface area contributed by atoms with Gasteiger partial charge in [-0.3, -0.25) is 4.79 Å². The van der Waals surface area contributed by atoms with Gasteiger partial charge < -0.3 is 9.26 Å². The van der Waals surface area contributed by atoms with E-state index in [0.717, 1.165) is 18.2 Å². The fourth-order valence-corrected chi connectivity index (χ4v) is 3.56. The second kappa shape index (κ2) is 7.65. The van der Waals surface area contributed by atoms with Crippen LogP contribution in [-0.2, 0) is 24.3 Å². The Hall–Kier alpha value is -3.46. The average molecular weight is 400 g/mol. The molecule has 8 nitrogen and oxygen atoms in total. The van der Waals surface area contributed by atoms with Gasteiger partial charge in [-0.05, 0) is 24.6 Å². The molecule has 1 N–H and O–H groups in total. The first kappa shape index (κ1) is 19.3. The van der Waals surface area contributed by atoms with E-state index in [0.29, 0.717) is 17.0 Å². The fraction of sp³-hybridized carbons (Fsp3) is 0.105. The monoisotopic (exact) mass is 400 g/mol. The maximum Gasteiger partial charge on any atom is 0.397 e. The third kappa shape index (κ3) is 3.79. The van der Waals surface area contributed by atoms with Gasteiger partial charge in [0.1, 0.15) is 11.5 Å². The number of aryl methyl sites for hydroxylation is 1. The SMILES string of the molecule is COC(=O)C(=O)NS(=O)(=O)c1ccc(-c2c(-c3ccccc3)noc2C)cc1. The number of rotatable bonds is 4. The van der Waals surface area contributed by atoms with E-state index >= 15 is 0 Å². The zero-order valence-electron chi connectivity index (χ0n) is 15.0. The lowest BCUT2D eigenvalue weighted by molar-refractivity contribution is -0.151. The van der Waals surface area contributed by atoms with Crippen molar-refractivity contribution < 1.29 is 27.3 Å². The molecule has 0 bridgehead atoms. The summed E-state index contributed by atoms with van der Waals surface area (Å²) in [5, 5.41) is 4.10. The van der Waals surface area contributed by atoms with Crippen molar-refractivity contribution in [3.8, 4) is 22.4 Å². The number of methoxy groups -OCH3 is 1. The zero-order chi connectivity index (χ0) is 20.3. The smallest absolute Gasteiger partial charge is 0.397 e. The van der Waals surface area contributed by atoms with Gasteiger partial charge in [0.2, 0.25) is 0 Å². The summed E-state index contributed by atoms with van der Waals surface area (Å²) >= 11 is 0. The summed E-state index contributed by atoms with van der Waals surface area (Å²) < 4.78 is 35.7. The molecule has 9 heteroatoms. The molecule has 0 aliphatic rings. The molecule has 0 atom stereocenters. The van der Waals surface area contributed by atoms with Crippen molar-refractivity contribution in [2.75, 3.05) is 7.11 Å². The number of benzene rings is 2. The Morgan fingerprint density at radius 2 is 1.64 bits per heavy atom. The molecule has 0 fully saturated rings. The largest absolute Gasteiger partial charge is 0.462 e. The van der Waals surface area contributed by atoms with Crippen LogP contribution < -0.4 is 4.72 Å². The first-order valence-electron chi connectivity index (χ1n) is 8.10. The maximum atomic E-state index is 12.2. The Morgan fingerprint density at radius 3 is 2.25 bits per heavy atom. The van der Waals surface area contributed by atoms with Crippen molar-refractivity contribution in [1.29, 1.82) is 0 Å². The molecule has 0 spiro atoms. The van der Waals surface area contributed by atoms with E-state index in [4.69, 9.17) is 4.52 Å². The molecule has 0 aliphatic carbocycles. The van der Waals surface area contributed by atoms with Crippen LogP contribution in [0.5, 0.6) is 0 Å². The Balaban J connectivity index is 1.93. The van der Waals surface area contributed by atoms with E-state index in [9.17, 15) is 18.0 Å². The number of ether oxygens (including phenoxy) is 1. The lowest BCUT2D eigenvalue weighted by Crippen LogP contribution is -2.36. The van der Waals surface area contributed by atoms with E-state index in [-0.39, 0.29) is 4.90 Å². The lowest BCUT2D eigenvalue weighted by atomic mass is 10.00. The van der Waals surface area contributed by atoms with Crippen molar-refractivity contribution in [3.63, 3.8) is 0 Å². The quantitative estimate of drug-likeness (QED) is 0.528. The second-order valence-corrected chi connectivity index (χ2v) is 7.46. The minimum Gasteiger partial charge on any atom is -0.462 e. The number of esters is 1. The van der Waals surface area contributed by atoms with Gasteiger partial charge in [-0.25, -0.2) is 17.9 Å². The Labute approximate surface area is 161 Å². The number of nitrogens with zero attached hydrogens (tertiary/aromatic N) is 1. The fourth-order valence-electron chi connectivity index (χ4n) is 2.62. The van der Waals surface area contributed by atoms with Gasteiger partial charge in [0.25, 0.3) is 10.0 Å². The molecule has 1 aromatic heterocycles. The molecule has 28 heavy (non-hydrogen) atoms. The Morgan fingerprint density at radius 1 is 1.00 bits per heavy atom. The number of aromatic nitrogens is 1. The zero-order valence-corrected chi connectivity index (χ0v) is 15.8. The van der Waals surface area contributed by atoms with Crippen LogP contribution in [0.3, 0.4) is 0 Å². The molecule has 0 aliphatic heterocycles. The van der Waals surface area contributed by atoms with Crippen LogP contribution >= 0.6 is 0 Å². The van der Waals surface area contributed by atoms with Crippen molar-refractivity contribution in [2.24, 2.45) is 0 Å². The van der Waals surface area contributed by atoms with Crippen LogP contribution in [0.4, 0.5) is 0 Å². The van der Waals surface area contributed by atoms with Crippen LogP contribution in [0, 0.1) is 6.92 Å². The minimum absolute atomic E-state index is 0.177. The molecule has 0 saturated carbocycles. The van der Waals surface area contributed by atoms with Crippen LogP contribution in [0.1, 0.15) is 5.76 Å². The van der Waals surface area contributed by atoms with Crippen LogP contribution in [0.15, 0.2) is 64.0 Å². The summed E-state index contributed by atoms with van der Waals surface area (Å²) in [6.07, 6.45) is 0. The highest BCUT2D eigenvalue weighted by Crippen LogP contribution is 2.34. The number of hydrogen-bond acceptors (Lipinski definition) is 7. The van der Waals surface area contributed by atoms with Gasteiger partial charge in [-0.15, -0.1) is 0 Å². The molecule has 144 valence electrons. The molecular weight excluding hydrogens is 384 g/mol. The van der Waals surface area contributed by atoms with Crippen molar-refractivity contribution >= 4 is 21.9 Å². The number of nitrogens with one attached hydrogen (secondary N) is 1. The molecule has 0 unspecified atom stereocenters. The highest BCUT2D eigenvalue weighted by atomic mass is 32.2. The lowest BCUT2D eigenvalue weighted by Gasteiger charge is -2.07. The highest BCUT2D eigenvalue weighted by molar-refractivity contribution is 7.90. The van der Waals surface area contributed by atoms with Crippen molar-refractivity contribution in [2.45, 2.75) is 11.8 Å². The van der Waals surface area contributed by atoms with Gasteiger partial charge >= 0.3 is 11.9 Å². The molecule has 3 rings (SSSR count).